The van der Waals surface area contributed by atoms with Crippen LogP contribution in [0.5, 0.6) is 0 Å². The summed E-state index contributed by atoms with van der Waals surface area (Å²) in [6, 6.07) is 4.25. The minimum Gasteiger partial charge on any atom is -0.370 e. The van der Waals surface area contributed by atoms with Crippen molar-refractivity contribution < 1.29 is 0 Å². The highest BCUT2D eigenvalue weighted by Crippen LogP contribution is 2.26. The van der Waals surface area contributed by atoms with E-state index >= 15 is 0 Å². The number of hydrogen-bond donors (Lipinski definition) is 2. The number of anilines is 1. The minimum atomic E-state index is 0.202. The molecule has 4 heteroatoms. The molecule has 2 heterocycles. The van der Waals surface area contributed by atoms with Crippen molar-refractivity contribution in [2.75, 3.05) is 25.0 Å². The number of hydrogen-bond acceptors (Lipinski definition) is 4. The van der Waals surface area contributed by atoms with Crippen LogP contribution in [-0.4, -0.2) is 30.7 Å². The summed E-state index contributed by atoms with van der Waals surface area (Å²) in [4.78, 5) is 6.89. The number of thiol groups is 1. The van der Waals surface area contributed by atoms with Crippen LogP contribution in [0.3, 0.4) is 0 Å². The van der Waals surface area contributed by atoms with Gasteiger partial charge in [-0.1, -0.05) is 0 Å². The fourth-order valence-corrected chi connectivity index (χ4v) is 2.49. The van der Waals surface area contributed by atoms with Crippen LogP contribution < -0.4 is 10.2 Å². The maximum absolute atomic E-state index is 4.48. The second kappa shape index (κ2) is 5.49. The molecule has 100 valence electrons. The summed E-state index contributed by atoms with van der Waals surface area (Å²) >= 11 is 4.40. The van der Waals surface area contributed by atoms with Crippen molar-refractivity contribution >= 4 is 18.3 Å². The summed E-state index contributed by atoms with van der Waals surface area (Å²) in [6.45, 7) is 6.53. The summed E-state index contributed by atoms with van der Waals surface area (Å²) in [5.41, 5.74) is 2.56. The molecule has 1 aromatic rings. The normalized spacial score (nSPS) is 20.8. The maximum atomic E-state index is 4.48. The highest BCUT2D eigenvalue weighted by molar-refractivity contribution is 7.80. The van der Waals surface area contributed by atoms with E-state index in [1.54, 1.807) is 0 Å². The van der Waals surface area contributed by atoms with Gasteiger partial charge in [0.25, 0.3) is 0 Å². The van der Waals surface area contributed by atoms with E-state index in [-0.39, 0.29) is 5.25 Å². The first-order valence-electron chi connectivity index (χ1n) is 6.62. The Morgan fingerprint density at radius 3 is 2.50 bits per heavy atom. The standard InChI is InChI=1S/C14H23N3S/c1-11(18)13-5-4-12(10-16-13)17-8-6-14(2,15-3)7-9-17/h4-5,10-11,15,18H,6-9H2,1-3H3. The smallest absolute Gasteiger partial charge is 0.0552 e. The van der Waals surface area contributed by atoms with E-state index in [9.17, 15) is 0 Å². The number of pyridine rings is 1. The first-order valence-corrected chi connectivity index (χ1v) is 7.13. The summed E-state index contributed by atoms with van der Waals surface area (Å²) in [7, 11) is 2.06. The second-order valence-electron chi connectivity index (χ2n) is 5.41. The molecule has 0 saturated carbocycles. The minimum absolute atomic E-state index is 0.202. The summed E-state index contributed by atoms with van der Waals surface area (Å²) in [6.07, 6.45) is 4.33. The van der Waals surface area contributed by atoms with Gasteiger partial charge in [0.05, 0.1) is 17.6 Å². The topological polar surface area (TPSA) is 28.2 Å². The van der Waals surface area contributed by atoms with Crippen molar-refractivity contribution in [2.45, 2.75) is 37.5 Å². The Morgan fingerprint density at radius 1 is 1.39 bits per heavy atom. The van der Waals surface area contributed by atoms with Crippen LogP contribution >= 0.6 is 12.6 Å². The Morgan fingerprint density at radius 2 is 2.06 bits per heavy atom. The first-order chi connectivity index (χ1) is 8.54. The average molecular weight is 265 g/mol. The van der Waals surface area contributed by atoms with Gasteiger partial charge in [-0.25, -0.2) is 0 Å². The fraction of sp³-hybridized carbons (Fsp3) is 0.643. The number of rotatable bonds is 3. The number of nitrogens with zero attached hydrogens (tertiary/aromatic N) is 2. The summed E-state index contributed by atoms with van der Waals surface area (Å²) in [5, 5.41) is 3.63. The zero-order valence-corrected chi connectivity index (χ0v) is 12.4. The first kappa shape index (κ1) is 13.7. The molecule has 0 aromatic carbocycles. The molecule has 1 aliphatic rings. The molecule has 1 aliphatic heterocycles. The molecule has 3 nitrogen and oxygen atoms in total. The molecule has 0 aliphatic carbocycles. The molecule has 18 heavy (non-hydrogen) atoms. The van der Waals surface area contributed by atoms with Crippen LogP contribution in [-0.2, 0) is 0 Å². The third kappa shape index (κ3) is 2.98. The van der Waals surface area contributed by atoms with Crippen LogP contribution in [0.2, 0.25) is 0 Å². The van der Waals surface area contributed by atoms with E-state index in [2.05, 4.69) is 53.9 Å². The Hall–Kier alpha value is -0.740. The summed E-state index contributed by atoms with van der Waals surface area (Å²) in [5.74, 6) is 0. The number of piperidine rings is 1. The molecule has 0 bridgehead atoms. The van der Waals surface area contributed by atoms with E-state index in [1.165, 1.54) is 18.5 Å². The van der Waals surface area contributed by atoms with Gasteiger partial charge < -0.3 is 10.2 Å². The van der Waals surface area contributed by atoms with Gasteiger partial charge in [0.15, 0.2) is 0 Å². The molecule has 0 radical (unpaired) electrons. The lowest BCUT2D eigenvalue weighted by Crippen LogP contribution is -2.50. The Labute approximate surface area is 115 Å². The van der Waals surface area contributed by atoms with E-state index < -0.39 is 0 Å². The molecule has 0 spiro atoms. The predicted molar refractivity (Wildman–Crippen MR) is 80.5 cm³/mol. The van der Waals surface area contributed by atoms with Gasteiger partial charge >= 0.3 is 0 Å². The van der Waals surface area contributed by atoms with Crippen molar-refractivity contribution in [3.05, 3.63) is 24.0 Å². The van der Waals surface area contributed by atoms with Gasteiger partial charge in [0.2, 0.25) is 0 Å². The van der Waals surface area contributed by atoms with Crippen molar-refractivity contribution in [1.82, 2.24) is 10.3 Å². The molecular formula is C14H23N3S. The van der Waals surface area contributed by atoms with Crippen LogP contribution in [0, 0.1) is 0 Å². The van der Waals surface area contributed by atoms with Crippen molar-refractivity contribution in [3.63, 3.8) is 0 Å². The summed E-state index contributed by atoms with van der Waals surface area (Å²) < 4.78 is 0. The Balaban J connectivity index is 2.01. The van der Waals surface area contributed by atoms with E-state index in [4.69, 9.17) is 0 Å². The molecule has 1 aromatic heterocycles. The largest absolute Gasteiger partial charge is 0.370 e. The third-order valence-electron chi connectivity index (χ3n) is 4.03. The zero-order valence-electron chi connectivity index (χ0n) is 11.5. The average Bonchev–Trinajstić information content (AvgIpc) is 2.40. The van der Waals surface area contributed by atoms with Gasteiger partial charge in [-0.05, 0) is 45.9 Å². The van der Waals surface area contributed by atoms with Gasteiger partial charge in [-0.2, -0.15) is 12.6 Å². The molecule has 1 saturated heterocycles. The lowest BCUT2D eigenvalue weighted by Gasteiger charge is -2.40. The lowest BCUT2D eigenvalue weighted by atomic mass is 9.90. The van der Waals surface area contributed by atoms with E-state index in [1.807, 2.05) is 13.1 Å². The molecule has 1 atom stereocenters. The second-order valence-corrected chi connectivity index (χ2v) is 6.19. The van der Waals surface area contributed by atoms with Crippen molar-refractivity contribution in [2.24, 2.45) is 0 Å². The molecular weight excluding hydrogens is 242 g/mol. The van der Waals surface area contributed by atoms with Gasteiger partial charge in [-0.15, -0.1) is 0 Å². The van der Waals surface area contributed by atoms with Crippen LogP contribution in [0.1, 0.15) is 37.6 Å². The third-order valence-corrected chi connectivity index (χ3v) is 4.30. The van der Waals surface area contributed by atoms with Gasteiger partial charge in [-0.3, -0.25) is 4.98 Å². The maximum Gasteiger partial charge on any atom is 0.0552 e. The molecule has 1 N–H and O–H groups in total. The molecule has 0 amide bonds. The predicted octanol–water partition coefficient (Wildman–Crippen LogP) is 2.65. The van der Waals surface area contributed by atoms with Crippen molar-refractivity contribution in [3.8, 4) is 0 Å². The quantitative estimate of drug-likeness (QED) is 0.823. The number of aromatic nitrogens is 1. The van der Waals surface area contributed by atoms with Gasteiger partial charge in [0.1, 0.15) is 0 Å². The van der Waals surface area contributed by atoms with Crippen LogP contribution in [0.15, 0.2) is 18.3 Å². The molecule has 1 fully saturated rings. The highest BCUT2D eigenvalue weighted by atomic mass is 32.1. The Bertz CT molecular complexity index is 381. The highest BCUT2D eigenvalue weighted by Gasteiger charge is 2.28. The lowest BCUT2D eigenvalue weighted by molar-refractivity contribution is 0.305. The zero-order chi connectivity index (χ0) is 13.2. The van der Waals surface area contributed by atoms with Crippen molar-refractivity contribution in [1.29, 1.82) is 0 Å². The Kier molecular flexibility index (Phi) is 4.17. The fourth-order valence-electron chi connectivity index (χ4n) is 2.34. The number of nitrogens with one attached hydrogen (secondary N) is 1. The van der Waals surface area contributed by atoms with Crippen LogP contribution in [0.4, 0.5) is 5.69 Å². The van der Waals surface area contributed by atoms with E-state index in [0.29, 0.717) is 5.54 Å². The SMILES string of the molecule is CNC1(C)CCN(c2ccc(C(C)S)nc2)CC1. The molecule has 1 unspecified atom stereocenters. The van der Waals surface area contributed by atoms with Gasteiger partial charge in [0, 0.05) is 23.9 Å². The van der Waals surface area contributed by atoms with E-state index in [0.717, 1.165) is 18.8 Å². The van der Waals surface area contributed by atoms with Crippen LogP contribution in [0.25, 0.3) is 0 Å². The molecule has 2 rings (SSSR count). The monoisotopic (exact) mass is 265 g/mol.